The van der Waals surface area contributed by atoms with E-state index in [1.54, 1.807) is 0 Å². The van der Waals surface area contributed by atoms with Gasteiger partial charge in [-0.25, -0.2) is 0 Å². The zero-order valence-electron chi connectivity index (χ0n) is 34.7. The highest BCUT2D eigenvalue weighted by molar-refractivity contribution is 7.85. The van der Waals surface area contributed by atoms with Gasteiger partial charge in [0.15, 0.2) is 12.4 Å². The predicted molar refractivity (Wildman–Crippen MR) is 220 cm³/mol. The minimum absolute atomic E-state index is 0.161. The van der Waals surface area contributed by atoms with Crippen molar-refractivity contribution in [3.8, 4) is 0 Å². The Balaban J connectivity index is 2.49. The molecule has 1 saturated heterocycles. The summed E-state index contributed by atoms with van der Waals surface area (Å²) >= 11 is 0. The van der Waals surface area contributed by atoms with Crippen LogP contribution in [0, 0.1) is 0 Å². The van der Waals surface area contributed by atoms with Gasteiger partial charge in [0.05, 0.1) is 6.61 Å². The molecule has 12 nitrogen and oxygen atoms in total. The molecule has 1 unspecified atom stereocenters. The Morgan fingerprint density at radius 3 is 1.61 bits per heavy atom. The zero-order valence-corrected chi connectivity index (χ0v) is 35.6. The summed E-state index contributed by atoms with van der Waals surface area (Å²) in [5, 5.41) is 30.8. The quantitative estimate of drug-likeness (QED) is 0.0205. The summed E-state index contributed by atoms with van der Waals surface area (Å²) in [7, 11) is -4.60. The van der Waals surface area contributed by atoms with Crippen molar-refractivity contribution in [3.05, 3.63) is 24.3 Å². The second kappa shape index (κ2) is 34.0. The average molecular weight is 819 g/mol. The molecule has 1 fully saturated rings. The lowest BCUT2D eigenvalue weighted by molar-refractivity contribution is -0.297. The molecule has 0 aromatic heterocycles. The Bertz CT molecular complexity index is 1140. The molecule has 56 heavy (non-hydrogen) atoms. The largest absolute Gasteiger partial charge is 0.462 e. The Hall–Kier alpha value is -1.87. The summed E-state index contributed by atoms with van der Waals surface area (Å²) in [4.78, 5) is 25.3. The van der Waals surface area contributed by atoms with Crippen molar-refractivity contribution >= 4 is 22.1 Å². The second-order valence-electron chi connectivity index (χ2n) is 15.4. The Morgan fingerprint density at radius 1 is 0.607 bits per heavy atom. The average Bonchev–Trinajstić information content (AvgIpc) is 3.16. The van der Waals surface area contributed by atoms with Gasteiger partial charge >= 0.3 is 11.9 Å². The van der Waals surface area contributed by atoms with Gasteiger partial charge in [-0.05, 0) is 44.9 Å². The van der Waals surface area contributed by atoms with Crippen LogP contribution >= 0.6 is 0 Å². The van der Waals surface area contributed by atoms with Crippen molar-refractivity contribution in [1.29, 1.82) is 0 Å². The Kier molecular flexibility index (Phi) is 31.7. The van der Waals surface area contributed by atoms with Gasteiger partial charge in [-0.2, -0.15) is 8.42 Å². The van der Waals surface area contributed by atoms with E-state index in [0.29, 0.717) is 12.8 Å². The number of aliphatic hydroxyl groups is 3. The molecule has 6 atom stereocenters. The van der Waals surface area contributed by atoms with Gasteiger partial charge in [0.25, 0.3) is 10.1 Å². The smallest absolute Gasteiger partial charge is 0.306 e. The van der Waals surface area contributed by atoms with Crippen LogP contribution in [0.1, 0.15) is 181 Å². The van der Waals surface area contributed by atoms with Crippen LogP contribution in [0.4, 0.5) is 0 Å². The molecule has 0 aromatic carbocycles. The van der Waals surface area contributed by atoms with Gasteiger partial charge in [-0.15, -0.1) is 0 Å². The molecule has 0 aliphatic carbocycles. The van der Waals surface area contributed by atoms with E-state index in [1.807, 2.05) is 0 Å². The first-order valence-electron chi connectivity index (χ1n) is 21.9. The first-order valence-corrected chi connectivity index (χ1v) is 23.5. The topological polar surface area (TPSA) is 186 Å². The molecular weight excluding hydrogens is 741 g/mol. The van der Waals surface area contributed by atoms with Gasteiger partial charge in [0.1, 0.15) is 36.8 Å². The van der Waals surface area contributed by atoms with E-state index >= 15 is 0 Å². The molecule has 0 radical (unpaired) electrons. The first-order chi connectivity index (χ1) is 27.0. The molecule has 1 aliphatic heterocycles. The lowest BCUT2D eigenvalue weighted by Gasteiger charge is -2.40. The first kappa shape index (κ1) is 52.1. The fraction of sp³-hybridized carbons (Fsp3) is 0.860. The Morgan fingerprint density at radius 2 is 1.07 bits per heavy atom. The van der Waals surface area contributed by atoms with Gasteiger partial charge in [0.2, 0.25) is 0 Å². The Labute approximate surface area is 338 Å². The molecule has 0 spiro atoms. The number of unbranched alkanes of at least 4 members (excludes halogenated alkanes) is 20. The van der Waals surface area contributed by atoms with Crippen molar-refractivity contribution in [3.63, 3.8) is 0 Å². The van der Waals surface area contributed by atoms with Crippen molar-refractivity contribution in [2.75, 3.05) is 19.0 Å². The maximum Gasteiger partial charge on any atom is 0.306 e. The SMILES string of the molecule is CCCCCCCC/C=C\C/C=C\CCCCC(=O)OCC(CO[C@H]1O[C@H](CS(=O)(=O)O)[C@@H](O)[C@H](O)[C@H]1O)OC(=O)CCCCCCCCCCCCCCC. The van der Waals surface area contributed by atoms with E-state index in [9.17, 15) is 37.9 Å². The molecule has 1 heterocycles. The minimum Gasteiger partial charge on any atom is -0.462 e. The summed E-state index contributed by atoms with van der Waals surface area (Å²) in [6.07, 6.45) is 26.6. The predicted octanol–water partition coefficient (Wildman–Crippen LogP) is 8.45. The minimum atomic E-state index is -4.60. The van der Waals surface area contributed by atoms with Gasteiger partial charge in [-0.3, -0.25) is 14.1 Å². The van der Waals surface area contributed by atoms with Crippen LogP contribution in [-0.4, -0.2) is 96.0 Å². The second-order valence-corrected chi connectivity index (χ2v) is 16.9. The highest BCUT2D eigenvalue weighted by atomic mass is 32.2. The van der Waals surface area contributed by atoms with E-state index in [1.165, 1.54) is 96.3 Å². The van der Waals surface area contributed by atoms with Gasteiger partial charge < -0.3 is 34.3 Å². The van der Waals surface area contributed by atoms with Gasteiger partial charge in [0, 0.05) is 12.8 Å². The third-order valence-corrected chi connectivity index (χ3v) is 10.8. The summed E-state index contributed by atoms with van der Waals surface area (Å²) in [5.41, 5.74) is 0. The summed E-state index contributed by atoms with van der Waals surface area (Å²) in [6.45, 7) is 3.72. The summed E-state index contributed by atoms with van der Waals surface area (Å²) in [6, 6.07) is 0. The van der Waals surface area contributed by atoms with Crippen LogP contribution in [0.3, 0.4) is 0 Å². The van der Waals surface area contributed by atoms with Crippen LogP contribution in [0.2, 0.25) is 0 Å². The third-order valence-electron chi connectivity index (χ3n) is 10.0. The van der Waals surface area contributed by atoms with Crippen molar-refractivity contribution in [1.82, 2.24) is 0 Å². The number of carbonyl (C=O) groups excluding carboxylic acids is 2. The highest BCUT2D eigenvalue weighted by Crippen LogP contribution is 2.24. The molecular formula is C43H78O12S. The fourth-order valence-electron chi connectivity index (χ4n) is 6.59. The fourth-order valence-corrected chi connectivity index (χ4v) is 7.28. The maximum absolute atomic E-state index is 12.8. The molecule has 4 N–H and O–H groups in total. The molecule has 0 bridgehead atoms. The standard InChI is InChI=1S/C43H78O12S/c1-3-5-7-9-11-13-15-17-18-20-21-23-25-27-29-31-38(44)52-33-36(34-53-43-42(48)41(47)40(46)37(55-43)35-56(49,50)51)54-39(45)32-30-28-26-24-22-19-16-14-12-10-8-6-4-2/h17-18,21,23,36-37,40-43,46-48H,3-16,19-20,22,24-35H2,1-2H3,(H,49,50,51)/b18-17-,23-21-/t36?,37-,40-,41+,42-,43+/m1/s1. The molecule has 0 saturated carbocycles. The summed E-state index contributed by atoms with van der Waals surface area (Å²) in [5.74, 6) is -2.02. The molecule has 0 aromatic rings. The number of aliphatic hydroxyl groups excluding tert-OH is 3. The number of carbonyl (C=O) groups is 2. The number of hydrogen-bond acceptors (Lipinski definition) is 11. The zero-order chi connectivity index (χ0) is 41.3. The van der Waals surface area contributed by atoms with Crippen LogP contribution in [0.5, 0.6) is 0 Å². The van der Waals surface area contributed by atoms with Crippen molar-refractivity contribution in [2.45, 2.75) is 218 Å². The van der Waals surface area contributed by atoms with Crippen LogP contribution in [0.25, 0.3) is 0 Å². The third kappa shape index (κ3) is 28.5. The number of esters is 2. The molecule has 0 amide bonds. The lowest BCUT2D eigenvalue weighted by atomic mass is 10.00. The van der Waals surface area contributed by atoms with E-state index in [2.05, 4.69) is 38.2 Å². The molecule has 328 valence electrons. The lowest BCUT2D eigenvalue weighted by Crippen LogP contribution is -2.60. The number of allylic oxidation sites excluding steroid dienone is 4. The number of ether oxygens (including phenoxy) is 4. The van der Waals surface area contributed by atoms with Crippen molar-refractivity contribution in [2.24, 2.45) is 0 Å². The van der Waals surface area contributed by atoms with Crippen LogP contribution in [-0.2, 0) is 38.7 Å². The normalized spacial score (nSPS) is 20.9. The van der Waals surface area contributed by atoms with E-state index in [0.717, 1.165) is 44.9 Å². The maximum atomic E-state index is 12.8. The van der Waals surface area contributed by atoms with Gasteiger partial charge in [-0.1, -0.05) is 147 Å². The van der Waals surface area contributed by atoms with E-state index < -0.39 is 71.2 Å². The van der Waals surface area contributed by atoms with Crippen LogP contribution in [0.15, 0.2) is 24.3 Å². The monoisotopic (exact) mass is 819 g/mol. The molecule has 13 heteroatoms. The van der Waals surface area contributed by atoms with Crippen LogP contribution < -0.4 is 0 Å². The van der Waals surface area contributed by atoms with E-state index in [-0.39, 0.29) is 19.4 Å². The summed E-state index contributed by atoms with van der Waals surface area (Å²) < 4.78 is 53.9. The highest BCUT2D eigenvalue weighted by Gasteiger charge is 2.46. The van der Waals surface area contributed by atoms with E-state index in [4.69, 9.17) is 18.9 Å². The number of rotatable bonds is 36. The molecule has 1 rings (SSSR count). The van der Waals surface area contributed by atoms with Crippen molar-refractivity contribution < 1.29 is 56.8 Å². The molecule has 1 aliphatic rings. The number of hydrogen-bond donors (Lipinski definition) is 4.